The molecule has 0 radical (unpaired) electrons. The molecule has 1 atom stereocenters. The molecule has 2 aromatic rings. The van der Waals surface area contributed by atoms with Gasteiger partial charge in [0.25, 0.3) is 5.91 Å². The molecule has 24 heavy (non-hydrogen) atoms. The maximum Gasteiger partial charge on any atom is 0.334 e. The predicted molar refractivity (Wildman–Crippen MR) is 87.4 cm³/mol. The van der Waals surface area contributed by atoms with Gasteiger partial charge in [-0.25, -0.2) is 4.79 Å². The van der Waals surface area contributed by atoms with Crippen LogP contribution in [-0.2, 0) is 16.1 Å². The Kier molecular flexibility index (Phi) is 3.74. The van der Waals surface area contributed by atoms with E-state index in [1.165, 1.54) is 11.3 Å². The highest BCUT2D eigenvalue weighted by atomic mass is 32.1. The fourth-order valence-corrected chi connectivity index (χ4v) is 4.11. The number of carbonyl (C=O) groups is 2. The van der Waals surface area contributed by atoms with Gasteiger partial charge in [0.15, 0.2) is 6.10 Å². The third kappa shape index (κ3) is 2.55. The highest BCUT2D eigenvalue weighted by Gasteiger charge is 2.31. The Morgan fingerprint density at radius 3 is 2.96 bits per heavy atom. The zero-order valence-corrected chi connectivity index (χ0v) is 13.5. The predicted octanol–water partition coefficient (Wildman–Crippen LogP) is 2.23. The number of para-hydroxylation sites is 1. The Bertz CT molecular complexity index is 815. The fraction of sp³-hybridized carbons (Fsp3) is 0.294. The summed E-state index contributed by atoms with van der Waals surface area (Å²) in [5.74, 6) is -0.370. The minimum Gasteiger partial charge on any atom is -0.488 e. The van der Waals surface area contributed by atoms with Crippen LogP contribution in [0.3, 0.4) is 0 Å². The van der Waals surface area contributed by atoms with Gasteiger partial charge >= 0.3 is 5.97 Å². The van der Waals surface area contributed by atoms with Gasteiger partial charge in [0.2, 0.25) is 0 Å². The minimum atomic E-state index is -1.04. The molecule has 1 unspecified atom stereocenters. The first-order chi connectivity index (χ1) is 11.6. The van der Waals surface area contributed by atoms with E-state index in [0.717, 1.165) is 21.8 Å². The number of hydrogen-bond acceptors (Lipinski definition) is 5. The highest BCUT2D eigenvalue weighted by molar-refractivity contribution is 7.17. The average Bonchev–Trinajstić information content (AvgIpc) is 3.06. The van der Waals surface area contributed by atoms with E-state index in [1.807, 2.05) is 30.3 Å². The number of hydrogen-bond donors (Lipinski definition) is 1. The number of aliphatic carboxylic acids is 1. The number of morpholine rings is 1. The van der Waals surface area contributed by atoms with Crippen molar-refractivity contribution in [2.75, 3.05) is 19.7 Å². The summed E-state index contributed by atoms with van der Waals surface area (Å²) in [6, 6.07) is 9.61. The van der Waals surface area contributed by atoms with Gasteiger partial charge in [0.05, 0.1) is 18.0 Å². The van der Waals surface area contributed by atoms with E-state index in [2.05, 4.69) is 0 Å². The molecule has 7 heteroatoms. The second-order valence-corrected chi connectivity index (χ2v) is 6.75. The van der Waals surface area contributed by atoms with Gasteiger partial charge in [0, 0.05) is 22.5 Å². The number of nitrogens with zero attached hydrogens (tertiary/aromatic N) is 1. The molecule has 3 heterocycles. The van der Waals surface area contributed by atoms with Crippen molar-refractivity contribution in [3.05, 3.63) is 40.8 Å². The number of amides is 1. The Morgan fingerprint density at radius 1 is 1.29 bits per heavy atom. The first-order valence-corrected chi connectivity index (χ1v) is 8.44. The van der Waals surface area contributed by atoms with E-state index in [0.29, 0.717) is 18.0 Å². The van der Waals surface area contributed by atoms with Crippen LogP contribution in [0.1, 0.15) is 15.2 Å². The maximum atomic E-state index is 12.7. The van der Waals surface area contributed by atoms with Crippen molar-refractivity contribution >= 4 is 23.2 Å². The van der Waals surface area contributed by atoms with Crippen molar-refractivity contribution in [2.45, 2.75) is 12.7 Å². The van der Waals surface area contributed by atoms with Gasteiger partial charge in [-0.15, -0.1) is 11.3 Å². The van der Waals surface area contributed by atoms with E-state index in [1.54, 1.807) is 4.90 Å². The average molecular weight is 345 g/mol. The van der Waals surface area contributed by atoms with E-state index >= 15 is 0 Å². The molecule has 1 fully saturated rings. The summed E-state index contributed by atoms with van der Waals surface area (Å²) in [5, 5.41) is 9.07. The molecule has 124 valence electrons. The van der Waals surface area contributed by atoms with Crippen LogP contribution in [0.4, 0.5) is 0 Å². The number of carboxylic acid groups (broad SMARTS) is 1. The van der Waals surface area contributed by atoms with Crippen molar-refractivity contribution in [1.82, 2.24) is 4.90 Å². The third-order valence-electron chi connectivity index (χ3n) is 4.16. The number of fused-ring (bicyclic) bond motifs is 3. The summed E-state index contributed by atoms with van der Waals surface area (Å²) in [4.78, 5) is 27.0. The van der Waals surface area contributed by atoms with Gasteiger partial charge in [-0.3, -0.25) is 4.79 Å². The van der Waals surface area contributed by atoms with Crippen molar-refractivity contribution < 1.29 is 24.2 Å². The molecule has 1 aromatic carbocycles. The van der Waals surface area contributed by atoms with Crippen LogP contribution >= 0.6 is 11.3 Å². The van der Waals surface area contributed by atoms with Crippen molar-refractivity contribution in [3.8, 4) is 16.2 Å². The second-order valence-electron chi connectivity index (χ2n) is 5.70. The van der Waals surface area contributed by atoms with Crippen LogP contribution in [0.5, 0.6) is 5.75 Å². The summed E-state index contributed by atoms with van der Waals surface area (Å²) < 4.78 is 10.9. The lowest BCUT2D eigenvalue weighted by molar-refractivity contribution is -0.154. The number of ether oxygens (including phenoxy) is 2. The van der Waals surface area contributed by atoms with Gasteiger partial charge in [-0.1, -0.05) is 12.1 Å². The molecule has 1 amide bonds. The number of rotatable bonds is 2. The lowest BCUT2D eigenvalue weighted by Crippen LogP contribution is -2.48. The van der Waals surface area contributed by atoms with Crippen LogP contribution in [-0.4, -0.2) is 47.7 Å². The van der Waals surface area contributed by atoms with Crippen LogP contribution in [0.2, 0.25) is 0 Å². The summed E-state index contributed by atoms with van der Waals surface area (Å²) in [5.41, 5.74) is 1.98. The maximum absolute atomic E-state index is 12.7. The van der Waals surface area contributed by atoms with Crippen LogP contribution in [0, 0.1) is 0 Å². The first kappa shape index (κ1) is 15.2. The summed E-state index contributed by atoms with van der Waals surface area (Å²) >= 11 is 1.43. The molecular formula is C17H15NO5S. The summed E-state index contributed by atoms with van der Waals surface area (Å²) in [7, 11) is 0. The molecule has 0 spiro atoms. The summed E-state index contributed by atoms with van der Waals surface area (Å²) in [6.07, 6.45) is -0.957. The topological polar surface area (TPSA) is 76.1 Å². The lowest BCUT2D eigenvalue weighted by Gasteiger charge is -2.30. The van der Waals surface area contributed by atoms with Crippen molar-refractivity contribution in [3.63, 3.8) is 0 Å². The van der Waals surface area contributed by atoms with Gasteiger partial charge in [-0.2, -0.15) is 0 Å². The van der Waals surface area contributed by atoms with E-state index in [4.69, 9.17) is 14.6 Å². The molecule has 0 bridgehead atoms. The Balaban J connectivity index is 1.61. The highest BCUT2D eigenvalue weighted by Crippen LogP contribution is 2.42. The molecule has 1 saturated heterocycles. The molecule has 0 aliphatic carbocycles. The van der Waals surface area contributed by atoms with E-state index < -0.39 is 12.1 Å². The molecule has 2 aliphatic heterocycles. The lowest BCUT2D eigenvalue weighted by atomic mass is 10.1. The molecule has 1 aromatic heterocycles. The zero-order chi connectivity index (χ0) is 16.7. The second kappa shape index (κ2) is 5.92. The van der Waals surface area contributed by atoms with Crippen LogP contribution in [0.25, 0.3) is 10.4 Å². The smallest absolute Gasteiger partial charge is 0.334 e. The number of carbonyl (C=O) groups excluding carboxylic acids is 1. The molecule has 6 nitrogen and oxygen atoms in total. The Labute approximate surface area is 142 Å². The molecular weight excluding hydrogens is 330 g/mol. The van der Waals surface area contributed by atoms with Gasteiger partial charge < -0.3 is 19.5 Å². The molecule has 1 N–H and O–H groups in total. The number of thiophene rings is 1. The normalized spacial score (nSPS) is 19.2. The van der Waals surface area contributed by atoms with Crippen LogP contribution in [0.15, 0.2) is 30.3 Å². The van der Waals surface area contributed by atoms with Crippen LogP contribution < -0.4 is 4.74 Å². The molecule has 2 aliphatic rings. The number of benzene rings is 1. The monoisotopic (exact) mass is 345 g/mol. The third-order valence-corrected chi connectivity index (χ3v) is 5.36. The Morgan fingerprint density at radius 2 is 2.12 bits per heavy atom. The quantitative estimate of drug-likeness (QED) is 0.903. The number of carboxylic acids is 1. The minimum absolute atomic E-state index is 0.0732. The summed E-state index contributed by atoms with van der Waals surface area (Å²) in [6.45, 7) is 1.15. The largest absolute Gasteiger partial charge is 0.488 e. The van der Waals surface area contributed by atoms with Crippen molar-refractivity contribution in [1.29, 1.82) is 0 Å². The zero-order valence-electron chi connectivity index (χ0n) is 12.7. The molecule has 4 rings (SSSR count). The standard InChI is InChI=1S/C17H15NO5S/c19-16(18-5-6-22-13(8-18)17(20)21)14-7-10-9-23-12-4-2-1-3-11(12)15(10)24-14/h1-4,7,13H,5-6,8-9H2,(H,20,21). The Hall–Kier alpha value is -2.38. The van der Waals surface area contributed by atoms with Gasteiger partial charge in [-0.05, 0) is 18.2 Å². The van der Waals surface area contributed by atoms with E-state index in [-0.39, 0.29) is 19.1 Å². The first-order valence-electron chi connectivity index (χ1n) is 7.62. The van der Waals surface area contributed by atoms with Crippen molar-refractivity contribution in [2.24, 2.45) is 0 Å². The SMILES string of the molecule is O=C(O)C1CN(C(=O)c2cc3c(s2)-c2ccccc2OC3)CCO1. The van der Waals surface area contributed by atoms with Gasteiger partial charge in [0.1, 0.15) is 12.4 Å². The van der Waals surface area contributed by atoms with E-state index in [9.17, 15) is 9.59 Å². The molecule has 0 saturated carbocycles. The fourth-order valence-electron chi connectivity index (χ4n) is 2.94.